The maximum absolute atomic E-state index is 6.05. The second-order valence-corrected chi connectivity index (χ2v) is 7.93. The fourth-order valence-corrected chi connectivity index (χ4v) is 4.38. The Hall–Kier alpha value is -3.32. The molecule has 4 aromatic rings. The van der Waals surface area contributed by atoms with Crippen LogP contribution >= 0.6 is 0 Å². The highest BCUT2D eigenvalue weighted by molar-refractivity contribution is 5.72. The Bertz CT molecular complexity index is 1150. The minimum Gasteiger partial charge on any atom is -0.497 e. The minimum absolute atomic E-state index is 0.298. The molecule has 1 N–H and O–H groups in total. The molecule has 5 rings (SSSR count). The molecule has 0 radical (unpaired) electrons. The van der Waals surface area contributed by atoms with E-state index in [1.165, 1.54) is 0 Å². The van der Waals surface area contributed by atoms with Crippen LogP contribution in [0.4, 0.5) is 0 Å². The fraction of sp³-hybridized carbons (Fsp3) is 0.333. The molecular weight excluding hydrogens is 392 g/mol. The molecule has 2 aromatic heterocycles. The molecule has 7 nitrogen and oxygen atoms in total. The molecule has 0 spiro atoms. The molecule has 0 bridgehead atoms. The predicted molar refractivity (Wildman–Crippen MR) is 118 cm³/mol. The number of oxazole rings is 1. The standard InChI is InChI=1S/C24H26N4O3/c1-29-18-9-10-19(22(12-18)30-2)23-17(13-25-27-23)15-28-11-5-6-16(14-28)24-26-20-7-3-4-8-21(20)31-24/h3-4,7-10,12-13,16H,5-6,11,14-15H2,1-2H3,(H,25,27)/t16-/m1/s1. The van der Waals surface area contributed by atoms with Crippen LogP contribution in [0.5, 0.6) is 11.5 Å². The van der Waals surface area contributed by atoms with E-state index in [-0.39, 0.29) is 0 Å². The maximum Gasteiger partial charge on any atom is 0.199 e. The first-order valence-electron chi connectivity index (χ1n) is 10.6. The summed E-state index contributed by atoms with van der Waals surface area (Å²) in [5, 5.41) is 7.47. The van der Waals surface area contributed by atoms with Crippen molar-refractivity contribution < 1.29 is 13.9 Å². The summed E-state index contributed by atoms with van der Waals surface area (Å²) in [4.78, 5) is 7.18. The number of nitrogens with one attached hydrogen (secondary N) is 1. The lowest BCUT2D eigenvalue weighted by molar-refractivity contribution is 0.187. The van der Waals surface area contributed by atoms with Gasteiger partial charge in [0.2, 0.25) is 0 Å². The molecule has 160 valence electrons. The van der Waals surface area contributed by atoms with Crippen molar-refractivity contribution in [2.24, 2.45) is 0 Å². The first-order chi connectivity index (χ1) is 15.2. The first kappa shape index (κ1) is 19.6. The van der Waals surface area contributed by atoms with E-state index in [0.29, 0.717) is 5.92 Å². The highest BCUT2D eigenvalue weighted by Crippen LogP contribution is 2.35. The van der Waals surface area contributed by atoms with E-state index in [1.807, 2.05) is 48.7 Å². The van der Waals surface area contributed by atoms with Crippen molar-refractivity contribution in [2.75, 3.05) is 27.3 Å². The van der Waals surface area contributed by atoms with Crippen molar-refractivity contribution in [1.29, 1.82) is 0 Å². The zero-order chi connectivity index (χ0) is 21.2. The number of piperidine rings is 1. The molecule has 7 heteroatoms. The Kier molecular flexibility index (Phi) is 5.34. The summed E-state index contributed by atoms with van der Waals surface area (Å²) < 4.78 is 17.0. The van der Waals surface area contributed by atoms with Crippen molar-refractivity contribution in [3.63, 3.8) is 0 Å². The number of aromatic amines is 1. The summed E-state index contributed by atoms with van der Waals surface area (Å²) in [6.45, 7) is 2.76. The van der Waals surface area contributed by atoms with Gasteiger partial charge in [0.05, 0.1) is 26.1 Å². The number of aromatic nitrogens is 3. The van der Waals surface area contributed by atoms with Crippen molar-refractivity contribution in [2.45, 2.75) is 25.3 Å². The Labute approximate surface area is 181 Å². The van der Waals surface area contributed by atoms with Gasteiger partial charge in [0.1, 0.15) is 17.0 Å². The van der Waals surface area contributed by atoms with Crippen molar-refractivity contribution in [1.82, 2.24) is 20.1 Å². The molecule has 31 heavy (non-hydrogen) atoms. The molecule has 2 aromatic carbocycles. The van der Waals surface area contributed by atoms with Gasteiger partial charge < -0.3 is 13.9 Å². The molecule has 0 unspecified atom stereocenters. The molecule has 0 aliphatic carbocycles. The van der Waals surface area contributed by atoms with Crippen LogP contribution in [0, 0.1) is 0 Å². The third-order valence-corrected chi connectivity index (χ3v) is 5.96. The summed E-state index contributed by atoms with van der Waals surface area (Å²) >= 11 is 0. The Morgan fingerprint density at radius 1 is 1.16 bits per heavy atom. The number of methoxy groups -OCH3 is 2. The molecule has 1 atom stereocenters. The van der Waals surface area contributed by atoms with Gasteiger partial charge in [0.25, 0.3) is 0 Å². The molecule has 3 heterocycles. The van der Waals surface area contributed by atoms with Crippen LogP contribution in [0.15, 0.2) is 53.1 Å². The summed E-state index contributed by atoms with van der Waals surface area (Å²) in [5.41, 5.74) is 4.88. The zero-order valence-corrected chi connectivity index (χ0v) is 17.8. The number of ether oxygens (including phenoxy) is 2. The lowest BCUT2D eigenvalue weighted by atomic mass is 9.97. The van der Waals surface area contributed by atoms with Crippen LogP contribution in [-0.2, 0) is 6.54 Å². The fourth-order valence-electron chi connectivity index (χ4n) is 4.38. The van der Waals surface area contributed by atoms with E-state index >= 15 is 0 Å². The van der Waals surface area contributed by atoms with Gasteiger partial charge in [-0.2, -0.15) is 5.10 Å². The highest BCUT2D eigenvalue weighted by atomic mass is 16.5. The summed E-state index contributed by atoms with van der Waals surface area (Å²) in [5.74, 6) is 2.66. The van der Waals surface area contributed by atoms with Crippen LogP contribution in [0.3, 0.4) is 0 Å². The average molecular weight is 418 g/mol. The van der Waals surface area contributed by atoms with Gasteiger partial charge >= 0.3 is 0 Å². The quantitative estimate of drug-likeness (QED) is 0.493. The minimum atomic E-state index is 0.298. The number of fused-ring (bicyclic) bond motifs is 1. The van der Waals surface area contributed by atoms with Gasteiger partial charge in [-0.05, 0) is 43.7 Å². The number of rotatable bonds is 6. The lowest BCUT2D eigenvalue weighted by Crippen LogP contribution is -2.34. The number of nitrogens with zero attached hydrogens (tertiary/aromatic N) is 3. The van der Waals surface area contributed by atoms with Crippen LogP contribution in [0.2, 0.25) is 0 Å². The van der Waals surface area contributed by atoms with Crippen molar-refractivity contribution in [3.05, 3.63) is 60.1 Å². The Morgan fingerprint density at radius 2 is 2.06 bits per heavy atom. The number of benzene rings is 2. The maximum atomic E-state index is 6.05. The van der Waals surface area contributed by atoms with E-state index in [4.69, 9.17) is 18.9 Å². The van der Waals surface area contributed by atoms with Crippen LogP contribution in [-0.4, -0.2) is 47.4 Å². The molecule has 1 saturated heterocycles. The van der Waals surface area contributed by atoms with E-state index < -0.39 is 0 Å². The van der Waals surface area contributed by atoms with Gasteiger partial charge in [-0.25, -0.2) is 4.98 Å². The molecular formula is C24H26N4O3. The van der Waals surface area contributed by atoms with Crippen molar-refractivity contribution in [3.8, 4) is 22.8 Å². The molecule has 1 fully saturated rings. The number of H-pyrrole nitrogens is 1. The Balaban J connectivity index is 1.36. The monoisotopic (exact) mass is 418 g/mol. The van der Waals surface area contributed by atoms with Gasteiger partial charge in [0, 0.05) is 36.2 Å². The summed E-state index contributed by atoms with van der Waals surface area (Å²) in [7, 11) is 3.32. The molecule has 1 aliphatic heterocycles. The molecule has 1 aliphatic rings. The third kappa shape index (κ3) is 3.88. The normalized spacial score (nSPS) is 17.2. The second-order valence-electron chi connectivity index (χ2n) is 7.93. The number of para-hydroxylation sites is 2. The summed E-state index contributed by atoms with van der Waals surface area (Å²) in [6.07, 6.45) is 4.11. The molecule has 0 saturated carbocycles. The smallest absolute Gasteiger partial charge is 0.199 e. The number of likely N-dealkylation sites (tertiary alicyclic amines) is 1. The van der Waals surface area contributed by atoms with E-state index in [0.717, 1.165) is 77.8 Å². The number of hydrogen-bond acceptors (Lipinski definition) is 6. The third-order valence-electron chi connectivity index (χ3n) is 5.96. The van der Waals surface area contributed by atoms with Crippen molar-refractivity contribution >= 4 is 11.1 Å². The number of hydrogen-bond donors (Lipinski definition) is 1. The predicted octanol–water partition coefficient (Wildman–Crippen LogP) is 4.61. The van der Waals surface area contributed by atoms with E-state index in [2.05, 4.69) is 15.1 Å². The van der Waals surface area contributed by atoms with Gasteiger partial charge in [-0.3, -0.25) is 10.00 Å². The summed E-state index contributed by atoms with van der Waals surface area (Å²) in [6, 6.07) is 13.8. The van der Waals surface area contributed by atoms with Crippen LogP contribution in [0.1, 0.15) is 30.2 Å². The van der Waals surface area contributed by atoms with Crippen LogP contribution < -0.4 is 9.47 Å². The topological polar surface area (TPSA) is 76.4 Å². The highest BCUT2D eigenvalue weighted by Gasteiger charge is 2.26. The van der Waals surface area contributed by atoms with Crippen LogP contribution in [0.25, 0.3) is 22.4 Å². The van der Waals surface area contributed by atoms with Gasteiger partial charge in [-0.15, -0.1) is 0 Å². The lowest BCUT2D eigenvalue weighted by Gasteiger charge is -2.31. The zero-order valence-electron chi connectivity index (χ0n) is 17.8. The SMILES string of the molecule is COc1ccc(-c2[nH]ncc2CN2CCC[C@@H](c3nc4ccccc4o3)C2)c(OC)c1. The largest absolute Gasteiger partial charge is 0.497 e. The van der Waals surface area contributed by atoms with Gasteiger partial charge in [0.15, 0.2) is 11.5 Å². The first-order valence-corrected chi connectivity index (χ1v) is 10.6. The van der Waals surface area contributed by atoms with E-state index in [1.54, 1.807) is 14.2 Å². The Morgan fingerprint density at radius 3 is 2.90 bits per heavy atom. The molecule has 0 amide bonds. The second kappa shape index (κ2) is 8.43. The van der Waals surface area contributed by atoms with E-state index in [9.17, 15) is 0 Å². The average Bonchev–Trinajstić information content (AvgIpc) is 3.45. The van der Waals surface area contributed by atoms with Gasteiger partial charge in [-0.1, -0.05) is 12.1 Å².